The highest BCUT2D eigenvalue weighted by atomic mass is 19.4. The molecule has 0 radical (unpaired) electrons. The molecule has 1 saturated carbocycles. The minimum Gasteiger partial charge on any atom is -0.424 e. The van der Waals surface area contributed by atoms with Crippen LogP contribution in [0.2, 0.25) is 0 Å². The van der Waals surface area contributed by atoms with E-state index in [-0.39, 0.29) is 23.0 Å². The minimum absolute atomic E-state index is 0.0217. The topological polar surface area (TPSA) is 59.6 Å². The summed E-state index contributed by atoms with van der Waals surface area (Å²) in [5.74, 6) is -2.99. The van der Waals surface area contributed by atoms with E-state index in [1.807, 2.05) is 5.32 Å². The van der Waals surface area contributed by atoms with Crippen LogP contribution in [0.15, 0.2) is 24.3 Å². The molecule has 144 valence electrons. The molecule has 0 bridgehead atoms. The van der Waals surface area contributed by atoms with Crippen LogP contribution in [0.3, 0.4) is 0 Å². The zero-order valence-electron chi connectivity index (χ0n) is 14.9. The van der Waals surface area contributed by atoms with E-state index in [1.54, 1.807) is 0 Å². The smallest absolute Gasteiger partial charge is 0.424 e. The second kappa shape index (κ2) is 6.25. The Morgan fingerprint density at radius 3 is 2.23 bits per heavy atom. The van der Waals surface area contributed by atoms with Gasteiger partial charge in [-0.15, -0.1) is 0 Å². The first-order valence-corrected chi connectivity index (χ1v) is 8.62. The third-order valence-electron chi connectivity index (χ3n) is 4.73. The third kappa shape index (κ3) is 3.68. The summed E-state index contributed by atoms with van der Waals surface area (Å²) in [4.78, 5) is 12.3. The van der Waals surface area contributed by atoms with E-state index in [0.717, 1.165) is 12.8 Å². The number of amides is 2. The first-order chi connectivity index (χ1) is 12.0. The minimum atomic E-state index is -4.96. The second-order valence-electron chi connectivity index (χ2n) is 7.97. The largest absolute Gasteiger partial charge is 0.492 e. The molecule has 2 aliphatic rings. The molecular weight excluding hydrogens is 349 g/mol. The van der Waals surface area contributed by atoms with Crippen LogP contribution in [0.1, 0.15) is 40.0 Å². The lowest BCUT2D eigenvalue weighted by atomic mass is 9.71. The molecule has 8 heteroatoms. The molecular formula is C18H23F3N2O3. The number of ether oxygens (including phenoxy) is 2. The average Bonchev–Trinajstić information content (AvgIpc) is 2.83. The number of hydrogen-bond donors (Lipinski definition) is 2. The van der Waals surface area contributed by atoms with E-state index in [9.17, 15) is 18.0 Å². The van der Waals surface area contributed by atoms with E-state index in [2.05, 4.69) is 26.1 Å². The highest BCUT2D eigenvalue weighted by Gasteiger charge is 2.65. The fraction of sp³-hybridized carbons (Fsp3) is 0.611. The number of urea groups is 1. The van der Waals surface area contributed by atoms with Crippen molar-refractivity contribution in [2.75, 3.05) is 0 Å². The molecule has 5 nitrogen and oxygen atoms in total. The van der Waals surface area contributed by atoms with Gasteiger partial charge in [-0.2, -0.15) is 13.2 Å². The van der Waals surface area contributed by atoms with Crippen molar-refractivity contribution in [2.45, 2.75) is 58.2 Å². The standard InChI is InChI=1S/C18H23F3N2O3/c1-11-8-12(10-16(2,3)9-11)22-15(24)23-18(17(19,20)21)25-13-6-4-5-7-14(13)26-18/h4-7,11-12H,8-10H2,1-3H3,(H2,22,23,24). The van der Waals surface area contributed by atoms with Crippen LogP contribution in [0.25, 0.3) is 0 Å². The van der Waals surface area contributed by atoms with E-state index in [0.29, 0.717) is 12.3 Å². The van der Waals surface area contributed by atoms with Crippen LogP contribution < -0.4 is 20.1 Å². The van der Waals surface area contributed by atoms with Crippen LogP contribution in [0, 0.1) is 11.3 Å². The van der Waals surface area contributed by atoms with Crippen molar-refractivity contribution >= 4 is 6.03 Å². The molecule has 1 aromatic rings. The summed E-state index contributed by atoms with van der Waals surface area (Å²) in [6.45, 7) is 6.25. The number of carbonyl (C=O) groups is 1. The number of fused-ring (bicyclic) bond motifs is 1. The highest BCUT2D eigenvalue weighted by molar-refractivity contribution is 5.75. The lowest BCUT2D eigenvalue weighted by Crippen LogP contribution is -2.67. The summed E-state index contributed by atoms with van der Waals surface area (Å²) in [5.41, 5.74) is 0.0217. The third-order valence-corrected chi connectivity index (χ3v) is 4.73. The summed E-state index contributed by atoms with van der Waals surface area (Å²) in [6, 6.07) is 4.59. The van der Waals surface area contributed by atoms with Gasteiger partial charge in [0.1, 0.15) is 0 Å². The number of rotatable bonds is 2. The molecule has 1 fully saturated rings. The summed E-state index contributed by atoms with van der Waals surface area (Å²) < 4.78 is 50.8. The van der Waals surface area contributed by atoms with Crippen molar-refractivity contribution in [2.24, 2.45) is 11.3 Å². The Labute approximate surface area is 150 Å². The SMILES string of the molecule is CC1CC(NC(=O)NC2(C(F)(F)F)Oc3ccccc3O2)CC(C)(C)C1. The predicted molar refractivity (Wildman–Crippen MR) is 88.7 cm³/mol. The Kier molecular flexibility index (Phi) is 4.48. The molecule has 1 aromatic carbocycles. The maximum absolute atomic E-state index is 13.6. The van der Waals surface area contributed by atoms with Crippen LogP contribution in [0.4, 0.5) is 18.0 Å². The maximum atomic E-state index is 13.6. The van der Waals surface area contributed by atoms with Gasteiger partial charge in [-0.3, -0.25) is 5.32 Å². The average molecular weight is 372 g/mol. The fourth-order valence-electron chi connectivity index (χ4n) is 4.01. The van der Waals surface area contributed by atoms with Crippen molar-refractivity contribution in [3.63, 3.8) is 0 Å². The molecule has 0 spiro atoms. The number of para-hydroxylation sites is 2. The van der Waals surface area contributed by atoms with Gasteiger partial charge in [0.2, 0.25) is 0 Å². The van der Waals surface area contributed by atoms with Crippen LogP contribution in [-0.2, 0) is 0 Å². The van der Waals surface area contributed by atoms with Gasteiger partial charge >= 0.3 is 18.1 Å². The van der Waals surface area contributed by atoms with Gasteiger partial charge in [0.25, 0.3) is 0 Å². The van der Waals surface area contributed by atoms with Gasteiger partial charge in [0.15, 0.2) is 11.5 Å². The highest BCUT2D eigenvalue weighted by Crippen LogP contribution is 2.45. The normalized spacial score (nSPS) is 26.2. The van der Waals surface area contributed by atoms with Crippen LogP contribution >= 0.6 is 0 Å². The summed E-state index contributed by atoms with van der Waals surface area (Å²) in [5, 5.41) is 4.49. The van der Waals surface area contributed by atoms with Crippen molar-refractivity contribution in [3.8, 4) is 11.5 Å². The van der Waals surface area contributed by atoms with E-state index >= 15 is 0 Å². The van der Waals surface area contributed by atoms with Gasteiger partial charge < -0.3 is 14.8 Å². The fourth-order valence-corrected chi connectivity index (χ4v) is 4.01. The Hall–Kier alpha value is -2.12. The Bertz CT molecular complexity index is 666. The zero-order chi connectivity index (χ0) is 19.2. The van der Waals surface area contributed by atoms with Crippen molar-refractivity contribution in [3.05, 3.63) is 24.3 Å². The lowest BCUT2D eigenvalue weighted by Gasteiger charge is -2.39. The van der Waals surface area contributed by atoms with Crippen LogP contribution in [0.5, 0.6) is 11.5 Å². The van der Waals surface area contributed by atoms with Gasteiger partial charge in [-0.05, 0) is 42.7 Å². The van der Waals surface area contributed by atoms with Gasteiger partial charge in [-0.25, -0.2) is 4.79 Å². The first kappa shape index (κ1) is 18.7. The quantitative estimate of drug-likeness (QED) is 0.818. The predicted octanol–water partition coefficient (Wildman–Crippen LogP) is 4.19. The summed E-state index contributed by atoms with van der Waals surface area (Å²) >= 11 is 0. The monoisotopic (exact) mass is 372 g/mol. The van der Waals surface area contributed by atoms with Crippen molar-refractivity contribution in [1.82, 2.24) is 10.6 Å². The van der Waals surface area contributed by atoms with Crippen molar-refractivity contribution < 1.29 is 27.4 Å². The number of benzene rings is 1. The van der Waals surface area contributed by atoms with E-state index < -0.39 is 18.1 Å². The molecule has 1 aliphatic heterocycles. The number of hydrogen-bond acceptors (Lipinski definition) is 3. The Morgan fingerprint density at radius 1 is 1.15 bits per heavy atom. The molecule has 3 rings (SSSR count). The molecule has 0 aromatic heterocycles. The molecule has 1 heterocycles. The number of halogens is 3. The summed E-state index contributed by atoms with van der Waals surface area (Å²) in [6.07, 6.45) is -2.52. The maximum Gasteiger partial charge on any atom is 0.492 e. The molecule has 2 atom stereocenters. The molecule has 2 amide bonds. The first-order valence-electron chi connectivity index (χ1n) is 8.62. The molecule has 2 unspecified atom stereocenters. The Morgan fingerprint density at radius 2 is 1.73 bits per heavy atom. The number of nitrogens with one attached hydrogen (secondary N) is 2. The lowest BCUT2D eigenvalue weighted by molar-refractivity contribution is -0.317. The molecule has 2 N–H and O–H groups in total. The van der Waals surface area contributed by atoms with Gasteiger partial charge in [0.05, 0.1) is 0 Å². The van der Waals surface area contributed by atoms with Crippen molar-refractivity contribution in [1.29, 1.82) is 0 Å². The molecule has 26 heavy (non-hydrogen) atoms. The van der Waals surface area contributed by atoms with E-state index in [1.165, 1.54) is 24.3 Å². The second-order valence-corrected chi connectivity index (χ2v) is 7.97. The molecule has 1 aliphatic carbocycles. The van der Waals surface area contributed by atoms with Crippen LogP contribution in [-0.4, -0.2) is 24.2 Å². The number of alkyl halides is 3. The van der Waals surface area contributed by atoms with Gasteiger partial charge in [0, 0.05) is 6.04 Å². The van der Waals surface area contributed by atoms with E-state index in [4.69, 9.17) is 9.47 Å². The molecule has 0 saturated heterocycles. The Balaban J connectivity index is 1.72. The van der Waals surface area contributed by atoms with Gasteiger partial charge in [-0.1, -0.05) is 32.9 Å². The zero-order valence-corrected chi connectivity index (χ0v) is 14.9. The number of carbonyl (C=O) groups excluding carboxylic acids is 1. The summed E-state index contributed by atoms with van der Waals surface area (Å²) in [7, 11) is 0.